The molecular formula is C11H17NO2. The summed E-state index contributed by atoms with van der Waals surface area (Å²) >= 11 is 0. The fraction of sp³-hybridized carbons (Fsp3) is 0.909. The quantitative estimate of drug-likeness (QED) is 0.670. The van der Waals surface area contributed by atoms with E-state index in [0.717, 1.165) is 19.4 Å². The second-order valence-electron chi connectivity index (χ2n) is 4.80. The van der Waals surface area contributed by atoms with E-state index in [0.29, 0.717) is 18.1 Å². The first-order valence-electron chi connectivity index (χ1n) is 5.78. The number of rotatable bonds is 2. The molecule has 3 fully saturated rings. The first-order chi connectivity index (χ1) is 6.86. The van der Waals surface area contributed by atoms with Crippen LogP contribution in [-0.2, 0) is 9.53 Å². The fourth-order valence-corrected chi connectivity index (χ4v) is 2.93. The summed E-state index contributed by atoms with van der Waals surface area (Å²) in [6.07, 6.45) is 6.43. The van der Waals surface area contributed by atoms with Crippen LogP contribution in [0.25, 0.3) is 0 Å². The number of amides is 1. The van der Waals surface area contributed by atoms with Crippen LogP contribution in [0.3, 0.4) is 0 Å². The lowest BCUT2D eigenvalue weighted by Crippen LogP contribution is -2.66. The van der Waals surface area contributed by atoms with E-state index >= 15 is 0 Å². The third kappa shape index (κ3) is 1.18. The summed E-state index contributed by atoms with van der Waals surface area (Å²) in [6.45, 7) is 0.883. The van der Waals surface area contributed by atoms with Crippen molar-refractivity contribution in [3.63, 3.8) is 0 Å². The van der Waals surface area contributed by atoms with Gasteiger partial charge >= 0.3 is 0 Å². The Morgan fingerprint density at radius 3 is 2.57 bits per heavy atom. The van der Waals surface area contributed by atoms with Crippen LogP contribution in [-0.4, -0.2) is 24.7 Å². The maximum absolute atomic E-state index is 11.5. The Kier molecular flexibility index (Phi) is 2.01. The topological polar surface area (TPSA) is 38.3 Å². The Morgan fingerprint density at radius 1 is 1.21 bits per heavy atom. The molecule has 2 heterocycles. The van der Waals surface area contributed by atoms with E-state index in [1.807, 2.05) is 0 Å². The Hall–Kier alpha value is -0.570. The predicted molar refractivity (Wildman–Crippen MR) is 51.7 cm³/mol. The molecule has 2 saturated heterocycles. The summed E-state index contributed by atoms with van der Waals surface area (Å²) in [5, 5.41) is 3.02. The zero-order chi connectivity index (χ0) is 9.54. The smallest absolute Gasteiger partial charge is 0.225 e. The number of ether oxygens (including phenoxy) is 1. The van der Waals surface area contributed by atoms with Crippen molar-refractivity contribution in [3.05, 3.63) is 0 Å². The lowest BCUT2D eigenvalue weighted by atomic mass is 9.67. The molecule has 1 N–H and O–H groups in total. The minimum absolute atomic E-state index is 0.273. The van der Waals surface area contributed by atoms with Crippen molar-refractivity contribution in [1.29, 1.82) is 0 Å². The number of carbonyl (C=O) groups is 1. The summed E-state index contributed by atoms with van der Waals surface area (Å²) in [5.41, 5.74) is 0. The summed E-state index contributed by atoms with van der Waals surface area (Å²) in [7, 11) is 0. The van der Waals surface area contributed by atoms with E-state index in [1.54, 1.807) is 0 Å². The van der Waals surface area contributed by atoms with Crippen molar-refractivity contribution < 1.29 is 9.53 Å². The standard InChI is InChI=1S/C11H17NO2/c13-11-9(7-3-1-4-7)10(12-11)8-5-2-6-14-8/h7-10H,1-6H2,(H,12,13). The number of carbonyl (C=O) groups excluding carboxylic acids is 1. The van der Waals surface area contributed by atoms with Crippen LogP contribution in [0.5, 0.6) is 0 Å². The van der Waals surface area contributed by atoms with Gasteiger partial charge in [-0.25, -0.2) is 0 Å². The van der Waals surface area contributed by atoms with Crippen LogP contribution in [0.4, 0.5) is 0 Å². The number of hydrogen-bond donors (Lipinski definition) is 1. The van der Waals surface area contributed by atoms with Crippen molar-refractivity contribution >= 4 is 5.91 Å². The highest BCUT2D eigenvalue weighted by Crippen LogP contribution is 2.41. The van der Waals surface area contributed by atoms with Gasteiger partial charge in [0.2, 0.25) is 5.91 Å². The molecule has 0 aromatic carbocycles. The summed E-state index contributed by atoms with van der Waals surface area (Å²) in [4.78, 5) is 11.5. The summed E-state index contributed by atoms with van der Waals surface area (Å²) in [6, 6.07) is 0.343. The molecule has 3 nitrogen and oxygen atoms in total. The van der Waals surface area contributed by atoms with Crippen LogP contribution >= 0.6 is 0 Å². The Morgan fingerprint density at radius 2 is 2.07 bits per heavy atom. The molecule has 3 aliphatic rings. The monoisotopic (exact) mass is 195 g/mol. The molecule has 3 rings (SSSR count). The molecule has 3 unspecified atom stereocenters. The van der Waals surface area contributed by atoms with Crippen molar-refractivity contribution in [2.24, 2.45) is 11.8 Å². The summed E-state index contributed by atoms with van der Waals surface area (Å²) < 4.78 is 5.64. The fourth-order valence-electron chi connectivity index (χ4n) is 2.93. The van der Waals surface area contributed by atoms with Gasteiger partial charge < -0.3 is 10.1 Å². The molecule has 0 spiro atoms. The predicted octanol–water partition coefficient (Wildman–Crippen LogP) is 1.08. The summed E-state index contributed by atoms with van der Waals surface area (Å²) in [5.74, 6) is 1.22. The molecule has 0 bridgehead atoms. The Labute approximate surface area is 84.2 Å². The van der Waals surface area contributed by atoms with E-state index in [1.165, 1.54) is 19.3 Å². The molecule has 3 heteroatoms. The largest absolute Gasteiger partial charge is 0.376 e. The van der Waals surface area contributed by atoms with Crippen molar-refractivity contribution in [2.75, 3.05) is 6.61 Å². The minimum atomic E-state index is 0.273. The van der Waals surface area contributed by atoms with Gasteiger partial charge in [0.15, 0.2) is 0 Å². The number of hydrogen-bond acceptors (Lipinski definition) is 2. The van der Waals surface area contributed by atoms with Gasteiger partial charge in [0.05, 0.1) is 18.1 Å². The third-order valence-electron chi connectivity index (χ3n) is 4.02. The average molecular weight is 195 g/mol. The van der Waals surface area contributed by atoms with Crippen molar-refractivity contribution in [1.82, 2.24) is 5.32 Å². The third-order valence-corrected chi connectivity index (χ3v) is 4.02. The van der Waals surface area contributed by atoms with E-state index in [-0.39, 0.29) is 11.8 Å². The second-order valence-corrected chi connectivity index (χ2v) is 4.80. The van der Waals surface area contributed by atoms with Gasteiger partial charge in [0, 0.05) is 6.61 Å². The van der Waals surface area contributed by atoms with Crippen LogP contribution in [0.1, 0.15) is 32.1 Å². The zero-order valence-electron chi connectivity index (χ0n) is 8.37. The minimum Gasteiger partial charge on any atom is -0.376 e. The SMILES string of the molecule is O=C1NC(C2CCCO2)C1C1CCC1. The molecule has 14 heavy (non-hydrogen) atoms. The highest BCUT2D eigenvalue weighted by molar-refractivity contribution is 5.86. The van der Waals surface area contributed by atoms with Crippen LogP contribution < -0.4 is 5.32 Å². The lowest BCUT2D eigenvalue weighted by Gasteiger charge is -2.47. The maximum atomic E-state index is 11.5. The van der Waals surface area contributed by atoms with Gasteiger partial charge in [-0.3, -0.25) is 4.79 Å². The number of nitrogens with one attached hydrogen (secondary N) is 1. The molecule has 0 aromatic heterocycles. The molecule has 1 aliphatic carbocycles. The van der Waals surface area contributed by atoms with E-state index in [4.69, 9.17) is 4.74 Å². The van der Waals surface area contributed by atoms with Crippen molar-refractivity contribution in [2.45, 2.75) is 44.2 Å². The molecule has 1 amide bonds. The lowest BCUT2D eigenvalue weighted by molar-refractivity contribution is -0.145. The molecule has 2 aliphatic heterocycles. The van der Waals surface area contributed by atoms with Gasteiger partial charge in [-0.15, -0.1) is 0 Å². The van der Waals surface area contributed by atoms with Gasteiger partial charge in [0.1, 0.15) is 0 Å². The molecule has 1 saturated carbocycles. The van der Waals surface area contributed by atoms with E-state index in [9.17, 15) is 4.79 Å². The van der Waals surface area contributed by atoms with Gasteiger partial charge in [-0.2, -0.15) is 0 Å². The molecule has 0 radical (unpaired) electrons. The number of β-lactam (4-membered cyclic amide) rings is 1. The average Bonchev–Trinajstić information content (AvgIpc) is 2.59. The Balaban J connectivity index is 1.65. The Bertz CT molecular complexity index is 244. The normalized spacial score (nSPS) is 42.9. The van der Waals surface area contributed by atoms with Crippen LogP contribution in [0.2, 0.25) is 0 Å². The van der Waals surface area contributed by atoms with Gasteiger partial charge in [0.25, 0.3) is 0 Å². The van der Waals surface area contributed by atoms with E-state index in [2.05, 4.69) is 5.32 Å². The van der Waals surface area contributed by atoms with Crippen LogP contribution in [0, 0.1) is 11.8 Å². The molecule has 3 atom stereocenters. The molecule has 0 aromatic rings. The maximum Gasteiger partial charge on any atom is 0.225 e. The highest BCUT2D eigenvalue weighted by Gasteiger charge is 2.50. The van der Waals surface area contributed by atoms with Crippen LogP contribution in [0.15, 0.2) is 0 Å². The molecular weight excluding hydrogens is 178 g/mol. The van der Waals surface area contributed by atoms with E-state index < -0.39 is 0 Å². The van der Waals surface area contributed by atoms with Crippen molar-refractivity contribution in [3.8, 4) is 0 Å². The zero-order valence-corrected chi connectivity index (χ0v) is 8.37. The molecule has 78 valence electrons. The van der Waals surface area contributed by atoms with Gasteiger partial charge in [-0.05, 0) is 31.6 Å². The first-order valence-corrected chi connectivity index (χ1v) is 5.78. The first kappa shape index (κ1) is 8.72. The highest BCUT2D eigenvalue weighted by atomic mass is 16.5. The second kappa shape index (κ2) is 3.23. The van der Waals surface area contributed by atoms with Gasteiger partial charge in [-0.1, -0.05) is 6.42 Å².